The molecule has 0 heterocycles. The molecule has 1 unspecified atom stereocenters. The third-order valence-electron chi connectivity index (χ3n) is 8.11. The number of hydrogen-bond donors (Lipinski definition) is 1. The van der Waals surface area contributed by atoms with E-state index in [-0.39, 0.29) is 21.7 Å². The lowest BCUT2D eigenvalue weighted by Crippen LogP contribution is -2.17. The highest BCUT2D eigenvalue weighted by Crippen LogP contribution is 2.45. The Labute approximate surface area is 259 Å². The van der Waals surface area contributed by atoms with Crippen molar-refractivity contribution in [1.29, 1.82) is 0 Å². The molecule has 0 spiro atoms. The molecule has 0 aliphatic carbocycles. The van der Waals surface area contributed by atoms with Crippen molar-refractivity contribution in [1.82, 2.24) is 0 Å². The van der Waals surface area contributed by atoms with Gasteiger partial charge in [-0.15, -0.1) is 0 Å². The minimum atomic E-state index is 0.0193. The van der Waals surface area contributed by atoms with Crippen LogP contribution in [0.1, 0.15) is 105 Å². The highest BCUT2D eigenvalue weighted by Gasteiger charge is 2.26. The van der Waals surface area contributed by atoms with Gasteiger partial charge in [0.25, 0.3) is 0 Å². The summed E-state index contributed by atoms with van der Waals surface area (Å²) >= 11 is 0. The Balaban J connectivity index is 0.00000237. The van der Waals surface area contributed by atoms with Gasteiger partial charge in [-0.25, -0.2) is 0 Å². The van der Waals surface area contributed by atoms with Gasteiger partial charge in [-0.3, -0.25) is 0 Å². The predicted molar refractivity (Wildman–Crippen MR) is 189 cm³/mol. The summed E-state index contributed by atoms with van der Waals surface area (Å²) in [7, 11) is 1.42. The molecule has 4 rings (SSSR count). The fourth-order valence-corrected chi connectivity index (χ4v) is 5.64. The van der Waals surface area contributed by atoms with E-state index in [1.54, 1.807) is 0 Å². The lowest BCUT2D eigenvalue weighted by atomic mass is 9.75. The van der Waals surface area contributed by atoms with Gasteiger partial charge >= 0.3 is 0 Å². The molecular formula is C40H53OP. The summed E-state index contributed by atoms with van der Waals surface area (Å²) in [4.78, 5) is 6.92. The van der Waals surface area contributed by atoms with E-state index in [0.29, 0.717) is 0 Å². The molecule has 1 N–H and O–H groups in total. The van der Waals surface area contributed by atoms with Gasteiger partial charge in [0.1, 0.15) is 0 Å². The Morgan fingerprint density at radius 3 is 0.857 bits per heavy atom. The van der Waals surface area contributed by atoms with E-state index in [0.717, 1.165) is 0 Å². The van der Waals surface area contributed by atoms with Gasteiger partial charge in [0, 0.05) is 0 Å². The van der Waals surface area contributed by atoms with Crippen molar-refractivity contribution < 1.29 is 4.89 Å². The Hall–Kier alpha value is -2.73. The zero-order valence-electron chi connectivity index (χ0n) is 28.1. The largest absolute Gasteiger partial charge is 0.380 e. The van der Waals surface area contributed by atoms with Gasteiger partial charge < -0.3 is 4.89 Å². The monoisotopic (exact) mass is 580 g/mol. The summed E-state index contributed by atoms with van der Waals surface area (Å²) in [6.45, 7) is 27.8. The fourth-order valence-electron chi connectivity index (χ4n) is 5.64. The Morgan fingerprint density at radius 2 is 0.619 bits per heavy atom. The van der Waals surface area contributed by atoms with Crippen LogP contribution in [0, 0.1) is 0 Å². The molecule has 0 amide bonds. The molecular weight excluding hydrogens is 527 g/mol. The van der Waals surface area contributed by atoms with E-state index in [1.807, 2.05) is 0 Å². The van der Waals surface area contributed by atoms with Gasteiger partial charge in [0.05, 0.1) is 0 Å². The van der Waals surface area contributed by atoms with Crippen LogP contribution in [0.2, 0.25) is 0 Å². The van der Waals surface area contributed by atoms with E-state index in [9.17, 15) is 0 Å². The molecule has 0 bridgehead atoms. The van der Waals surface area contributed by atoms with Gasteiger partial charge in [-0.05, 0) is 86.8 Å². The van der Waals surface area contributed by atoms with E-state index in [2.05, 4.69) is 168 Å². The van der Waals surface area contributed by atoms with Crippen LogP contribution in [0.3, 0.4) is 0 Å². The molecule has 2 heteroatoms. The minimum absolute atomic E-state index is 0.0193. The van der Waals surface area contributed by atoms with Crippen LogP contribution in [0.25, 0.3) is 33.4 Å². The first-order valence-corrected chi connectivity index (χ1v) is 15.7. The van der Waals surface area contributed by atoms with Crippen molar-refractivity contribution in [3.63, 3.8) is 0 Å². The molecule has 0 aliphatic rings. The molecule has 42 heavy (non-hydrogen) atoms. The quantitative estimate of drug-likeness (QED) is 0.239. The topological polar surface area (TPSA) is 20.2 Å². The Bertz CT molecular complexity index is 1400. The van der Waals surface area contributed by atoms with Crippen molar-refractivity contribution in [2.75, 3.05) is 0 Å². The van der Waals surface area contributed by atoms with Gasteiger partial charge in [0.15, 0.2) is 0 Å². The first kappa shape index (κ1) is 33.8. The third kappa shape index (κ3) is 7.42. The minimum Gasteiger partial charge on any atom is -0.380 e. The van der Waals surface area contributed by atoms with Crippen LogP contribution in [-0.4, -0.2) is 4.89 Å². The van der Waals surface area contributed by atoms with Crippen molar-refractivity contribution in [3.05, 3.63) is 107 Å². The number of rotatable bonds is 3. The maximum atomic E-state index is 6.92. The van der Waals surface area contributed by atoms with Crippen LogP contribution in [-0.2, 0) is 21.7 Å². The Kier molecular flexibility index (Phi) is 10.0. The van der Waals surface area contributed by atoms with Crippen LogP contribution in [0.4, 0.5) is 0 Å². The maximum Gasteiger partial charge on any atom is -0.00391 e. The molecule has 0 aromatic heterocycles. The summed E-state index contributed by atoms with van der Waals surface area (Å²) in [5.74, 6) is 0. The molecule has 224 valence electrons. The standard InChI is InChI=1S/C40H50.H3OP/c1-37(2,3)27-21-23-33(35(25-27)39(7,8)9)31-19-15-13-17-29(31)30-18-14-16-20-32(30)34-24-22-28(38(4,5)6)26-36(34)40(10,11)12;1-2/h13-26H,1-12H3;1H,2H2. The lowest BCUT2D eigenvalue weighted by Gasteiger charge is -2.29. The highest BCUT2D eigenvalue weighted by atomic mass is 31.0. The maximum absolute atomic E-state index is 6.92. The summed E-state index contributed by atoms with van der Waals surface area (Å²) in [5, 5.41) is 0. The SMILES string of the molecule is CC(C)(C)c1ccc(-c2ccccc2-c2ccccc2-c2ccc(C(C)(C)C)cc2C(C)(C)C)c(C(C)(C)C)c1.OP. The fraction of sp³-hybridized carbons (Fsp3) is 0.400. The zero-order chi connectivity index (χ0) is 31.7. The van der Waals surface area contributed by atoms with E-state index < -0.39 is 0 Å². The van der Waals surface area contributed by atoms with Gasteiger partial charge in [-0.2, -0.15) is 0 Å². The number of benzene rings is 4. The summed E-state index contributed by atoms with van der Waals surface area (Å²) in [6.07, 6.45) is 0. The van der Waals surface area contributed by atoms with Gasteiger partial charge in [-0.1, -0.05) is 168 Å². The number of hydrogen-bond acceptors (Lipinski definition) is 1. The first-order valence-electron chi connectivity index (χ1n) is 15.1. The molecule has 0 fully saturated rings. The molecule has 4 aromatic rings. The van der Waals surface area contributed by atoms with Crippen LogP contribution in [0.15, 0.2) is 84.9 Å². The molecule has 0 aliphatic heterocycles. The molecule has 0 saturated heterocycles. The second kappa shape index (κ2) is 12.5. The van der Waals surface area contributed by atoms with Crippen molar-refractivity contribution in [2.45, 2.75) is 105 Å². The first-order chi connectivity index (χ1) is 19.4. The Morgan fingerprint density at radius 1 is 0.357 bits per heavy atom. The average molecular weight is 581 g/mol. The van der Waals surface area contributed by atoms with Crippen molar-refractivity contribution in [3.8, 4) is 33.4 Å². The normalized spacial score (nSPS) is 12.5. The summed E-state index contributed by atoms with van der Waals surface area (Å²) < 4.78 is 0. The van der Waals surface area contributed by atoms with Gasteiger partial charge in [0.2, 0.25) is 0 Å². The van der Waals surface area contributed by atoms with E-state index in [4.69, 9.17) is 4.89 Å². The van der Waals surface area contributed by atoms with Crippen LogP contribution < -0.4 is 0 Å². The lowest BCUT2D eigenvalue weighted by molar-refractivity contribution is 0.569. The van der Waals surface area contributed by atoms with E-state index in [1.165, 1.54) is 65.1 Å². The van der Waals surface area contributed by atoms with Crippen LogP contribution >= 0.6 is 9.47 Å². The summed E-state index contributed by atoms with van der Waals surface area (Å²) in [5.41, 5.74) is 13.6. The zero-order valence-corrected chi connectivity index (χ0v) is 29.3. The highest BCUT2D eigenvalue weighted by molar-refractivity contribution is 7.08. The predicted octanol–water partition coefficient (Wildman–Crippen LogP) is 11.6. The van der Waals surface area contributed by atoms with Crippen LogP contribution in [0.5, 0.6) is 0 Å². The second-order valence-corrected chi connectivity index (χ2v) is 15.6. The molecule has 4 aromatic carbocycles. The second-order valence-electron chi connectivity index (χ2n) is 15.6. The average Bonchev–Trinajstić information content (AvgIpc) is 2.91. The molecule has 1 atom stereocenters. The third-order valence-corrected chi connectivity index (χ3v) is 8.11. The molecule has 0 radical (unpaired) electrons. The van der Waals surface area contributed by atoms with E-state index >= 15 is 0 Å². The summed E-state index contributed by atoms with van der Waals surface area (Å²) in [6, 6.07) is 32.2. The molecule has 0 saturated carbocycles. The molecule has 1 nitrogen and oxygen atoms in total. The van der Waals surface area contributed by atoms with Crippen molar-refractivity contribution in [2.24, 2.45) is 0 Å². The smallest absolute Gasteiger partial charge is 0.00391 e. The van der Waals surface area contributed by atoms with Crippen molar-refractivity contribution >= 4 is 9.47 Å².